The highest BCUT2D eigenvalue weighted by atomic mass is 16.6. The fourth-order valence-corrected chi connectivity index (χ4v) is 4.08. The van der Waals surface area contributed by atoms with Gasteiger partial charge in [-0.1, -0.05) is 6.07 Å². The molecule has 0 aliphatic carbocycles. The van der Waals surface area contributed by atoms with Gasteiger partial charge in [0.25, 0.3) is 11.8 Å². The lowest BCUT2D eigenvalue weighted by Crippen LogP contribution is -2.19. The van der Waals surface area contributed by atoms with E-state index in [4.69, 9.17) is 14.2 Å². The van der Waals surface area contributed by atoms with Crippen LogP contribution in [0, 0.1) is 6.92 Å². The number of aryl methyl sites for hydroxylation is 1. The number of fused-ring (bicyclic) bond motifs is 2. The van der Waals surface area contributed by atoms with Gasteiger partial charge in [0.2, 0.25) is 5.88 Å². The summed E-state index contributed by atoms with van der Waals surface area (Å²) >= 11 is 0. The van der Waals surface area contributed by atoms with Gasteiger partial charge in [0.15, 0.2) is 11.5 Å². The van der Waals surface area contributed by atoms with Gasteiger partial charge in [-0.25, -0.2) is 4.98 Å². The lowest BCUT2D eigenvalue weighted by Gasteiger charge is -2.18. The summed E-state index contributed by atoms with van der Waals surface area (Å²) in [6.07, 6.45) is 0. The highest BCUT2D eigenvalue weighted by Crippen LogP contribution is 2.31. The average molecular weight is 527 g/mol. The topological polar surface area (TPSA) is 102 Å². The molecule has 2 amide bonds. The SMILES string of the molecule is Cc1ccc(NC(=O)c2ccc3c(c2)OCCO3)cc1NC(=O)c1ccc2nc(OCCN(C)C)ccc2c1. The lowest BCUT2D eigenvalue weighted by molar-refractivity contribution is 0.101. The molecule has 5 rings (SSSR count). The van der Waals surface area contributed by atoms with Gasteiger partial charge in [-0.05, 0) is 81.2 Å². The van der Waals surface area contributed by atoms with Crippen molar-refractivity contribution in [2.24, 2.45) is 0 Å². The number of likely N-dealkylation sites (N-methyl/N-ethyl adjacent to an activating group) is 1. The predicted molar refractivity (Wildman–Crippen MR) is 150 cm³/mol. The number of carbonyl (C=O) groups excluding carboxylic acids is 2. The molecule has 2 heterocycles. The van der Waals surface area contributed by atoms with E-state index in [-0.39, 0.29) is 11.8 Å². The second kappa shape index (κ2) is 11.4. The Morgan fingerprint density at radius 3 is 2.44 bits per heavy atom. The Morgan fingerprint density at radius 1 is 0.872 bits per heavy atom. The third-order valence-corrected chi connectivity index (χ3v) is 6.26. The zero-order valence-corrected chi connectivity index (χ0v) is 22.1. The van der Waals surface area contributed by atoms with E-state index in [1.54, 1.807) is 54.6 Å². The summed E-state index contributed by atoms with van der Waals surface area (Å²) in [6, 6.07) is 19.5. The highest BCUT2D eigenvalue weighted by Gasteiger charge is 2.16. The number of hydrogen-bond acceptors (Lipinski definition) is 7. The summed E-state index contributed by atoms with van der Waals surface area (Å²) in [7, 11) is 3.97. The van der Waals surface area contributed by atoms with Gasteiger partial charge in [-0.2, -0.15) is 0 Å². The monoisotopic (exact) mass is 526 g/mol. The van der Waals surface area contributed by atoms with E-state index in [1.807, 2.05) is 38.1 Å². The zero-order valence-electron chi connectivity index (χ0n) is 22.1. The largest absolute Gasteiger partial charge is 0.486 e. The van der Waals surface area contributed by atoms with Gasteiger partial charge in [0, 0.05) is 40.5 Å². The van der Waals surface area contributed by atoms with Gasteiger partial charge in [0.05, 0.1) is 5.52 Å². The Labute approximate surface area is 226 Å². The van der Waals surface area contributed by atoms with Crippen LogP contribution in [-0.4, -0.2) is 62.2 Å². The van der Waals surface area contributed by atoms with E-state index in [2.05, 4.69) is 15.6 Å². The van der Waals surface area contributed by atoms with Crippen molar-refractivity contribution in [2.75, 3.05) is 51.1 Å². The summed E-state index contributed by atoms with van der Waals surface area (Å²) in [5.74, 6) is 1.16. The summed E-state index contributed by atoms with van der Waals surface area (Å²) < 4.78 is 16.8. The maximum atomic E-state index is 13.1. The molecule has 200 valence electrons. The molecule has 1 aliphatic rings. The number of hydrogen-bond donors (Lipinski definition) is 2. The molecule has 0 fully saturated rings. The van der Waals surface area contributed by atoms with Crippen LogP contribution < -0.4 is 24.8 Å². The first kappa shape index (κ1) is 26.0. The van der Waals surface area contributed by atoms with Crippen molar-refractivity contribution in [3.05, 3.63) is 83.4 Å². The van der Waals surface area contributed by atoms with Crippen LogP contribution in [0.5, 0.6) is 17.4 Å². The Kier molecular flexibility index (Phi) is 7.60. The number of nitrogens with zero attached hydrogens (tertiary/aromatic N) is 2. The van der Waals surface area contributed by atoms with Gasteiger partial charge >= 0.3 is 0 Å². The first-order chi connectivity index (χ1) is 18.9. The van der Waals surface area contributed by atoms with E-state index in [1.165, 1.54) is 0 Å². The van der Waals surface area contributed by atoms with Crippen molar-refractivity contribution in [1.29, 1.82) is 0 Å². The number of anilines is 2. The maximum Gasteiger partial charge on any atom is 0.255 e. The van der Waals surface area contributed by atoms with Crippen LogP contribution in [0.3, 0.4) is 0 Å². The number of ether oxygens (including phenoxy) is 3. The summed E-state index contributed by atoms with van der Waals surface area (Å²) in [5, 5.41) is 6.68. The van der Waals surface area contributed by atoms with Crippen LogP contribution >= 0.6 is 0 Å². The van der Waals surface area contributed by atoms with E-state index in [0.29, 0.717) is 59.7 Å². The molecule has 0 saturated heterocycles. The van der Waals surface area contributed by atoms with Crippen LogP contribution in [0.4, 0.5) is 11.4 Å². The molecule has 9 nitrogen and oxygen atoms in total. The highest BCUT2D eigenvalue weighted by molar-refractivity contribution is 6.08. The molecule has 1 aromatic heterocycles. The van der Waals surface area contributed by atoms with Crippen molar-refractivity contribution >= 4 is 34.1 Å². The van der Waals surface area contributed by atoms with E-state index < -0.39 is 0 Å². The molecule has 39 heavy (non-hydrogen) atoms. The molecule has 1 aliphatic heterocycles. The first-order valence-electron chi connectivity index (χ1n) is 12.7. The number of rotatable bonds is 8. The number of nitrogens with one attached hydrogen (secondary N) is 2. The third kappa shape index (κ3) is 6.27. The molecule has 0 unspecified atom stereocenters. The average Bonchev–Trinajstić information content (AvgIpc) is 2.94. The number of pyridine rings is 1. The number of carbonyl (C=O) groups is 2. The minimum absolute atomic E-state index is 0.262. The van der Waals surface area contributed by atoms with Crippen molar-refractivity contribution in [2.45, 2.75) is 6.92 Å². The van der Waals surface area contributed by atoms with E-state index in [9.17, 15) is 9.59 Å². The van der Waals surface area contributed by atoms with Gasteiger partial charge < -0.3 is 29.7 Å². The normalized spacial score (nSPS) is 12.3. The lowest BCUT2D eigenvalue weighted by atomic mass is 10.1. The van der Waals surface area contributed by atoms with Crippen LogP contribution in [0.1, 0.15) is 26.3 Å². The molecular weight excluding hydrogens is 496 g/mol. The van der Waals surface area contributed by atoms with E-state index >= 15 is 0 Å². The molecular formula is C30H30N4O5. The number of benzene rings is 3. The zero-order chi connectivity index (χ0) is 27.4. The minimum atomic E-state index is -0.291. The minimum Gasteiger partial charge on any atom is -0.486 e. The van der Waals surface area contributed by atoms with Crippen LogP contribution in [-0.2, 0) is 0 Å². The summed E-state index contributed by atoms with van der Waals surface area (Å²) in [6.45, 7) is 4.16. The van der Waals surface area contributed by atoms with Crippen molar-refractivity contribution in [3.8, 4) is 17.4 Å². The van der Waals surface area contributed by atoms with Gasteiger partial charge in [0.1, 0.15) is 19.8 Å². The first-order valence-corrected chi connectivity index (χ1v) is 12.7. The fourth-order valence-electron chi connectivity index (χ4n) is 4.08. The van der Waals surface area contributed by atoms with Crippen LogP contribution in [0.25, 0.3) is 10.9 Å². The van der Waals surface area contributed by atoms with Gasteiger partial charge in [-0.3, -0.25) is 9.59 Å². The smallest absolute Gasteiger partial charge is 0.255 e. The standard InChI is InChI=1S/C30H30N4O5/c1-19-4-8-23(31-29(35)22-6-10-26-27(17-22)38-15-14-37-26)18-25(19)33-30(36)21-5-9-24-20(16-21)7-11-28(32-24)39-13-12-34(2)3/h4-11,16-18H,12-15H2,1-3H3,(H,31,35)(H,33,36). The predicted octanol–water partition coefficient (Wildman–Crippen LogP) is 4.76. The Balaban J connectivity index is 1.26. The quantitative estimate of drug-likeness (QED) is 0.341. The Bertz CT molecular complexity index is 1540. The summed E-state index contributed by atoms with van der Waals surface area (Å²) in [5.41, 5.74) is 3.71. The molecule has 9 heteroatoms. The van der Waals surface area contributed by atoms with Crippen LogP contribution in [0.2, 0.25) is 0 Å². The molecule has 0 saturated carbocycles. The molecule has 3 aromatic carbocycles. The molecule has 0 bridgehead atoms. The van der Waals surface area contributed by atoms with Crippen molar-refractivity contribution in [1.82, 2.24) is 9.88 Å². The summed E-state index contributed by atoms with van der Waals surface area (Å²) in [4.78, 5) is 32.5. The molecule has 4 aromatic rings. The van der Waals surface area contributed by atoms with Gasteiger partial charge in [-0.15, -0.1) is 0 Å². The third-order valence-electron chi connectivity index (χ3n) is 6.26. The maximum absolute atomic E-state index is 13.1. The molecule has 0 radical (unpaired) electrons. The van der Waals surface area contributed by atoms with Crippen molar-refractivity contribution in [3.63, 3.8) is 0 Å². The Morgan fingerprint density at radius 2 is 1.62 bits per heavy atom. The molecule has 2 N–H and O–H groups in total. The van der Waals surface area contributed by atoms with Crippen molar-refractivity contribution < 1.29 is 23.8 Å². The second-order valence-corrected chi connectivity index (χ2v) is 9.51. The molecule has 0 spiro atoms. The fraction of sp³-hybridized carbons (Fsp3) is 0.233. The number of amides is 2. The van der Waals surface area contributed by atoms with E-state index in [0.717, 1.165) is 23.0 Å². The Hall–Kier alpha value is -4.63. The second-order valence-electron chi connectivity index (χ2n) is 9.51. The molecule has 0 atom stereocenters. The van der Waals surface area contributed by atoms with Crippen LogP contribution in [0.15, 0.2) is 66.7 Å². The number of aromatic nitrogens is 1.